The summed E-state index contributed by atoms with van der Waals surface area (Å²) in [6, 6.07) is 16.0. The van der Waals surface area contributed by atoms with Crippen LogP contribution in [0, 0.1) is 0 Å². The molecule has 0 saturated heterocycles. The van der Waals surface area contributed by atoms with Gasteiger partial charge in [-0.25, -0.2) is 0 Å². The Kier molecular flexibility index (Phi) is 3.98. The SMILES string of the molecule is CC(C)c1ccc(C(Br)c2ccc3c(c2)CCC3)cc1. The van der Waals surface area contributed by atoms with Gasteiger partial charge in [-0.2, -0.15) is 0 Å². The fourth-order valence-corrected chi connectivity index (χ4v) is 3.58. The first-order chi connectivity index (χ1) is 9.65. The number of alkyl halides is 1. The number of rotatable bonds is 3. The van der Waals surface area contributed by atoms with Crippen molar-refractivity contribution in [3.05, 3.63) is 70.3 Å². The van der Waals surface area contributed by atoms with Gasteiger partial charge in [-0.15, -0.1) is 0 Å². The molecule has 0 aliphatic heterocycles. The zero-order valence-corrected chi connectivity index (χ0v) is 13.8. The Morgan fingerprint density at radius 1 is 0.800 bits per heavy atom. The summed E-state index contributed by atoms with van der Waals surface area (Å²) in [6.45, 7) is 4.47. The molecule has 1 atom stereocenters. The van der Waals surface area contributed by atoms with Crippen molar-refractivity contribution in [2.24, 2.45) is 0 Å². The van der Waals surface area contributed by atoms with Crippen molar-refractivity contribution in [3.63, 3.8) is 0 Å². The maximum atomic E-state index is 3.86. The molecule has 0 amide bonds. The summed E-state index contributed by atoms with van der Waals surface area (Å²) in [4.78, 5) is 0.301. The average molecular weight is 329 g/mol. The molecular formula is C19H21Br. The molecule has 0 spiro atoms. The molecule has 0 nitrogen and oxygen atoms in total. The average Bonchev–Trinajstić information content (AvgIpc) is 2.94. The van der Waals surface area contributed by atoms with Gasteiger partial charge >= 0.3 is 0 Å². The summed E-state index contributed by atoms with van der Waals surface area (Å²) < 4.78 is 0. The third-order valence-corrected chi connectivity index (χ3v) is 5.37. The normalized spacial score (nSPS) is 15.4. The molecule has 1 aliphatic rings. The van der Waals surface area contributed by atoms with E-state index in [2.05, 4.69) is 72.2 Å². The predicted octanol–water partition coefficient (Wildman–Crippen LogP) is 5.78. The first kappa shape index (κ1) is 13.9. The molecule has 3 rings (SSSR count). The molecule has 104 valence electrons. The van der Waals surface area contributed by atoms with Crippen molar-refractivity contribution in [2.75, 3.05) is 0 Å². The minimum atomic E-state index is 0.301. The van der Waals surface area contributed by atoms with E-state index in [0.717, 1.165) is 0 Å². The van der Waals surface area contributed by atoms with Crippen LogP contribution in [0.3, 0.4) is 0 Å². The van der Waals surface area contributed by atoms with Gasteiger partial charge in [0.25, 0.3) is 0 Å². The van der Waals surface area contributed by atoms with Crippen LogP contribution in [0.4, 0.5) is 0 Å². The zero-order valence-electron chi connectivity index (χ0n) is 12.2. The van der Waals surface area contributed by atoms with Crippen LogP contribution in [-0.2, 0) is 12.8 Å². The van der Waals surface area contributed by atoms with Gasteiger partial charge in [-0.3, -0.25) is 0 Å². The molecule has 2 aromatic rings. The molecular weight excluding hydrogens is 308 g/mol. The molecule has 0 aromatic heterocycles. The number of halogens is 1. The predicted molar refractivity (Wildman–Crippen MR) is 89.8 cm³/mol. The van der Waals surface area contributed by atoms with E-state index in [4.69, 9.17) is 0 Å². The van der Waals surface area contributed by atoms with Crippen molar-refractivity contribution in [1.29, 1.82) is 0 Å². The van der Waals surface area contributed by atoms with Crippen LogP contribution in [0.2, 0.25) is 0 Å². The van der Waals surface area contributed by atoms with Crippen molar-refractivity contribution >= 4 is 15.9 Å². The topological polar surface area (TPSA) is 0 Å². The fraction of sp³-hybridized carbons (Fsp3) is 0.368. The molecule has 0 fully saturated rings. The van der Waals surface area contributed by atoms with Crippen LogP contribution in [0.5, 0.6) is 0 Å². The molecule has 0 radical (unpaired) electrons. The molecule has 1 unspecified atom stereocenters. The van der Waals surface area contributed by atoms with Crippen LogP contribution in [0.1, 0.15) is 58.8 Å². The van der Waals surface area contributed by atoms with Gasteiger partial charge in [-0.05, 0) is 53.0 Å². The first-order valence-electron chi connectivity index (χ1n) is 7.51. The van der Waals surface area contributed by atoms with E-state index in [9.17, 15) is 0 Å². The van der Waals surface area contributed by atoms with E-state index >= 15 is 0 Å². The van der Waals surface area contributed by atoms with Gasteiger partial charge < -0.3 is 0 Å². The molecule has 0 saturated carbocycles. The zero-order chi connectivity index (χ0) is 14.1. The summed E-state index contributed by atoms with van der Waals surface area (Å²) >= 11 is 3.86. The monoisotopic (exact) mass is 328 g/mol. The van der Waals surface area contributed by atoms with E-state index in [1.807, 2.05) is 0 Å². The Morgan fingerprint density at radius 2 is 1.40 bits per heavy atom. The van der Waals surface area contributed by atoms with E-state index in [1.54, 1.807) is 11.1 Å². The minimum absolute atomic E-state index is 0.301. The van der Waals surface area contributed by atoms with Gasteiger partial charge in [0.05, 0.1) is 4.83 Å². The Labute approximate surface area is 130 Å². The highest BCUT2D eigenvalue weighted by atomic mass is 79.9. The lowest BCUT2D eigenvalue weighted by Crippen LogP contribution is -1.96. The molecule has 1 heteroatoms. The largest absolute Gasteiger partial charge is 0.0786 e. The number of hydrogen-bond donors (Lipinski definition) is 0. The quantitative estimate of drug-likeness (QED) is 0.626. The Hall–Kier alpha value is -1.08. The van der Waals surface area contributed by atoms with Crippen molar-refractivity contribution in [3.8, 4) is 0 Å². The third kappa shape index (κ3) is 2.69. The summed E-state index contributed by atoms with van der Waals surface area (Å²) in [6.07, 6.45) is 3.82. The second kappa shape index (κ2) is 5.73. The highest BCUT2D eigenvalue weighted by Gasteiger charge is 2.15. The molecule has 0 bridgehead atoms. The van der Waals surface area contributed by atoms with Crippen LogP contribution in [0.25, 0.3) is 0 Å². The molecule has 1 aliphatic carbocycles. The Morgan fingerprint density at radius 3 is 2.10 bits per heavy atom. The summed E-state index contributed by atoms with van der Waals surface area (Å²) in [5.41, 5.74) is 7.21. The number of fused-ring (bicyclic) bond motifs is 1. The lowest BCUT2D eigenvalue weighted by Gasteiger charge is -2.14. The standard InChI is InChI=1S/C19H21Br/c1-13(2)14-6-9-16(10-7-14)19(20)18-11-8-15-4-3-5-17(15)12-18/h6-13,19H,3-5H2,1-2H3. The molecule has 2 aromatic carbocycles. The van der Waals surface area contributed by atoms with E-state index < -0.39 is 0 Å². The van der Waals surface area contributed by atoms with Gasteiger partial charge in [0.15, 0.2) is 0 Å². The van der Waals surface area contributed by atoms with Gasteiger partial charge in [0, 0.05) is 0 Å². The molecule has 0 heterocycles. The number of aryl methyl sites for hydroxylation is 2. The third-order valence-electron chi connectivity index (χ3n) is 4.31. The number of hydrogen-bond acceptors (Lipinski definition) is 0. The summed E-state index contributed by atoms with van der Waals surface area (Å²) in [7, 11) is 0. The smallest absolute Gasteiger partial charge is 0.0644 e. The maximum Gasteiger partial charge on any atom is 0.0644 e. The molecule has 20 heavy (non-hydrogen) atoms. The van der Waals surface area contributed by atoms with Crippen molar-refractivity contribution in [2.45, 2.75) is 43.9 Å². The van der Waals surface area contributed by atoms with E-state index in [-0.39, 0.29) is 0 Å². The maximum absolute atomic E-state index is 3.86. The Bertz CT molecular complexity index is 596. The van der Waals surface area contributed by atoms with Crippen LogP contribution in [-0.4, -0.2) is 0 Å². The van der Waals surface area contributed by atoms with Crippen LogP contribution >= 0.6 is 15.9 Å². The second-order valence-corrected chi connectivity index (χ2v) is 6.98. The van der Waals surface area contributed by atoms with Gasteiger partial charge in [-0.1, -0.05) is 72.2 Å². The lowest BCUT2D eigenvalue weighted by molar-refractivity contribution is 0.865. The van der Waals surface area contributed by atoms with Crippen molar-refractivity contribution < 1.29 is 0 Å². The second-order valence-electron chi connectivity index (χ2n) is 6.07. The highest BCUT2D eigenvalue weighted by Crippen LogP contribution is 2.34. The van der Waals surface area contributed by atoms with Gasteiger partial charge in [0.1, 0.15) is 0 Å². The van der Waals surface area contributed by atoms with Crippen LogP contribution in [0.15, 0.2) is 42.5 Å². The minimum Gasteiger partial charge on any atom is -0.0786 e. The van der Waals surface area contributed by atoms with Crippen LogP contribution < -0.4 is 0 Å². The van der Waals surface area contributed by atoms with Crippen molar-refractivity contribution in [1.82, 2.24) is 0 Å². The fourth-order valence-electron chi connectivity index (χ4n) is 2.99. The highest BCUT2D eigenvalue weighted by molar-refractivity contribution is 9.09. The van der Waals surface area contributed by atoms with E-state index in [0.29, 0.717) is 10.7 Å². The van der Waals surface area contributed by atoms with E-state index in [1.165, 1.54) is 36.0 Å². The first-order valence-corrected chi connectivity index (χ1v) is 8.42. The Balaban J connectivity index is 1.86. The summed E-state index contributed by atoms with van der Waals surface area (Å²) in [5.74, 6) is 0.595. The van der Waals surface area contributed by atoms with Gasteiger partial charge in [0.2, 0.25) is 0 Å². The molecule has 0 N–H and O–H groups in total. The number of benzene rings is 2. The summed E-state index contributed by atoms with van der Waals surface area (Å²) in [5, 5.41) is 0. The lowest BCUT2D eigenvalue weighted by atomic mass is 9.97.